The second-order valence-electron chi connectivity index (χ2n) is 7.99. The molecule has 1 aromatic rings. The normalized spacial score (nSPS) is 22.7. The molecule has 8 nitrogen and oxygen atoms in total. The summed E-state index contributed by atoms with van der Waals surface area (Å²) in [6, 6.07) is 5.39. The summed E-state index contributed by atoms with van der Waals surface area (Å²) in [7, 11) is 0. The first-order valence-corrected chi connectivity index (χ1v) is 11.0. The van der Waals surface area contributed by atoms with E-state index in [4.69, 9.17) is 23.7 Å². The Morgan fingerprint density at radius 2 is 1.97 bits per heavy atom. The molecule has 0 bridgehead atoms. The fourth-order valence-corrected chi connectivity index (χ4v) is 4.33. The van der Waals surface area contributed by atoms with Crippen molar-refractivity contribution < 1.29 is 28.5 Å². The van der Waals surface area contributed by atoms with E-state index in [0.717, 1.165) is 25.7 Å². The van der Waals surface area contributed by atoms with E-state index in [0.29, 0.717) is 69.9 Å². The molecular formula is C22H32N2O6. The van der Waals surface area contributed by atoms with Crippen LogP contribution < -0.4 is 14.8 Å². The lowest BCUT2D eigenvalue weighted by Gasteiger charge is -2.46. The number of hydrogen-bond acceptors (Lipinski definition) is 6. The van der Waals surface area contributed by atoms with Crippen LogP contribution in [0.2, 0.25) is 0 Å². The SMILES string of the molecule is CCOCCOC1CCOC2(CCN(C(=O)Nc3ccc4c(c3)OCCO4)CC2)C1. The molecule has 1 atom stereocenters. The van der Waals surface area contributed by atoms with Gasteiger partial charge in [0.2, 0.25) is 0 Å². The minimum Gasteiger partial charge on any atom is -0.486 e. The Kier molecular flexibility index (Phi) is 6.97. The fourth-order valence-electron chi connectivity index (χ4n) is 4.33. The second kappa shape index (κ2) is 9.85. The highest BCUT2D eigenvalue weighted by Gasteiger charge is 2.41. The average molecular weight is 421 g/mol. The lowest BCUT2D eigenvalue weighted by atomic mass is 9.83. The van der Waals surface area contributed by atoms with Crippen molar-refractivity contribution in [3.05, 3.63) is 18.2 Å². The van der Waals surface area contributed by atoms with Crippen molar-refractivity contribution in [3.63, 3.8) is 0 Å². The van der Waals surface area contributed by atoms with Crippen LogP contribution >= 0.6 is 0 Å². The zero-order chi connectivity index (χ0) is 20.8. The molecule has 3 aliphatic rings. The largest absolute Gasteiger partial charge is 0.486 e. The number of urea groups is 1. The maximum Gasteiger partial charge on any atom is 0.321 e. The number of amides is 2. The quantitative estimate of drug-likeness (QED) is 0.713. The number of anilines is 1. The molecule has 1 unspecified atom stereocenters. The third-order valence-electron chi connectivity index (χ3n) is 5.99. The number of carbonyl (C=O) groups is 1. The van der Waals surface area contributed by atoms with E-state index < -0.39 is 0 Å². The molecule has 1 aromatic carbocycles. The molecule has 0 saturated carbocycles. The molecular weight excluding hydrogens is 388 g/mol. The number of benzene rings is 1. The van der Waals surface area contributed by atoms with E-state index in [2.05, 4.69) is 5.32 Å². The summed E-state index contributed by atoms with van der Waals surface area (Å²) in [5.74, 6) is 1.38. The monoisotopic (exact) mass is 420 g/mol. The molecule has 3 heterocycles. The average Bonchev–Trinajstić information content (AvgIpc) is 2.77. The Bertz CT molecular complexity index is 720. The minimum absolute atomic E-state index is 0.0955. The van der Waals surface area contributed by atoms with E-state index in [1.165, 1.54) is 0 Å². The van der Waals surface area contributed by atoms with Crippen molar-refractivity contribution in [3.8, 4) is 11.5 Å². The highest BCUT2D eigenvalue weighted by atomic mass is 16.6. The number of nitrogens with one attached hydrogen (secondary N) is 1. The summed E-state index contributed by atoms with van der Waals surface area (Å²) in [6.45, 7) is 7.08. The predicted octanol–water partition coefficient (Wildman–Crippen LogP) is 3.06. The number of ether oxygens (including phenoxy) is 5. The Labute approximate surface area is 177 Å². The maximum absolute atomic E-state index is 12.7. The number of rotatable bonds is 6. The Morgan fingerprint density at radius 3 is 2.77 bits per heavy atom. The van der Waals surface area contributed by atoms with E-state index in [9.17, 15) is 4.79 Å². The van der Waals surface area contributed by atoms with Gasteiger partial charge in [0.05, 0.1) is 24.9 Å². The van der Waals surface area contributed by atoms with Gasteiger partial charge in [0.15, 0.2) is 11.5 Å². The summed E-state index contributed by atoms with van der Waals surface area (Å²) in [6.07, 6.45) is 3.66. The molecule has 2 saturated heterocycles. The van der Waals surface area contributed by atoms with Gasteiger partial charge in [-0.05, 0) is 38.3 Å². The fraction of sp³-hybridized carbons (Fsp3) is 0.682. The Balaban J connectivity index is 1.26. The number of likely N-dealkylation sites (tertiary alicyclic amines) is 1. The van der Waals surface area contributed by atoms with Gasteiger partial charge in [-0.3, -0.25) is 0 Å². The lowest BCUT2D eigenvalue weighted by Crippen LogP contribution is -2.52. The second-order valence-corrected chi connectivity index (χ2v) is 7.99. The topological polar surface area (TPSA) is 78.5 Å². The van der Waals surface area contributed by atoms with Crippen molar-refractivity contribution in [1.29, 1.82) is 0 Å². The summed E-state index contributed by atoms with van der Waals surface area (Å²) in [5, 5.41) is 2.97. The third kappa shape index (κ3) is 5.17. The molecule has 8 heteroatoms. The van der Waals surface area contributed by atoms with E-state index in [1.54, 1.807) is 0 Å². The van der Waals surface area contributed by atoms with Crippen LogP contribution in [0.15, 0.2) is 18.2 Å². The van der Waals surface area contributed by atoms with E-state index in [-0.39, 0.29) is 17.7 Å². The van der Waals surface area contributed by atoms with Crippen LogP contribution in [0.5, 0.6) is 11.5 Å². The molecule has 2 amide bonds. The van der Waals surface area contributed by atoms with Gasteiger partial charge in [0.25, 0.3) is 0 Å². The first-order chi connectivity index (χ1) is 14.7. The molecule has 0 aromatic heterocycles. The van der Waals surface area contributed by atoms with Crippen LogP contribution in [0.3, 0.4) is 0 Å². The summed E-state index contributed by atoms with van der Waals surface area (Å²) < 4.78 is 28.6. The van der Waals surface area contributed by atoms with Gasteiger partial charge in [-0.2, -0.15) is 0 Å². The minimum atomic E-state index is -0.178. The van der Waals surface area contributed by atoms with Gasteiger partial charge in [-0.15, -0.1) is 0 Å². The van der Waals surface area contributed by atoms with Gasteiger partial charge in [-0.1, -0.05) is 0 Å². The Morgan fingerprint density at radius 1 is 1.17 bits per heavy atom. The molecule has 3 aliphatic heterocycles. The zero-order valence-electron chi connectivity index (χ0n) is 17.7. The number of fused-ring (bicyclic) bond motifs is 1. The number of nitrogens with zero attached hydrogens (tertiary/aromatic N) is 1. The van der Waals surface area contributed by atoms with Gasteiger partial charge in [0.1, 0.15) is 13.2 Å². The van der Waals surface area contributed by atoms with Gasteiger partial charge < -0.3 is 33.9 Å². The molecule has 4 rings (SSSR count). The van der Waals surface area contributed by atoms with Crippen LogP contribution in [0.1, 0.15) is 32.6 Å². The third-order valence-corrected chi connectivity index (χ3v) is 5.99. The van der Waals surface area contributed by atoms with Crippen molar-refractivity contribution in [2.24, 2.45) is 0 Å². The zero-order valence-corrected chi connectivity index (χ0v) is 17.7. The summed E-state index contributed by atoms with van der Waals surface area (Å²) >= 11 is 0. The molecule has 1 spiro atoms. The van der Waals surface area contributed by atoms with Crippen LogP contribution in [-0.2, 0) is 14.2 Å². The van der Waals surface area contributed by atoms with Crippen LogP contribution in [0.25, 0.3) is 0 Å². The highest BCUT2D eigenvalue weighted by Crippen LogP contribution is 2.37. The van der Waals surface area contributed by atoms with Gasteiger partial charge in [-0.25, -0.2) is 4.79 Å². The predicted molar refractivity (Wildman–Crippen MR) is 111 cm³/mol. The van der Waals surface area contributed by atoms with Crippen LogP contribution in [-0.4, -0.2) is 75.4 Å². The highest BCUT2D eigenvalue weighted by molar-refractivity contribution is 5.89. The number of piperidine rings is 1. The molecule has 166 valence electrons. The molecule has 30 heavy (non-hydrogen) atoms. The summed E-state index contributed by atoms with van der Waals surface area (Å²) in [4.78, 5) is 14.6. The smallest absolute Gasteiger partial charge is 0.321 e. The standard InChI is InChI=1S/C22H32N2O6/c1-2-26-11-12-27-18-5-10-30-22(16-18)6-8-24(9-7-22)21(25)23-17-3-4-19-20(15-17)29-14-13-28-19/h3-4,15,18H,2,5-14,16H2,1H3,(H,23,25). The van der Waals surface area contributed by atoms with Crippen molar-refractivity contribution in [2.45, 2.75) is 44.3 Å². The first-order valence-electron chi connectivity index (χ1n) is 11.0. The van der Waals surface area contributed by atoms with Gasteiger partial charge >= 0.3 is 6.03 Å². The van der Waals surface area contributed by atoms with E-state index >= 15 is 0 Å². The number of carbonyl (C=O) groups excluding carboxylic acids is 1. The maximum atomic E-state index is 12.7. The van der Waals surface area contributed by atoms with Crippen molar-refractivity contribution in [1.82, 2.24) is 4.90 Å². The van der Waals surface area contributed by atoms with Crippen molar-refractivity contribution in [2.75, 3.05) is 58.0 Å². The Hall–Kier alpha value is -2.03. The van der Waals surface area contributed by atoms with Crippen LogP contribution in [0, 0.1) is 0 Å². The molecule has 0 radical (unpaired) electrons. The lowest BCUT2D eigenvalue weighted by molar-refractivity contribution is -0.154. The summed E-state index contributed by atoms with van der Waals surface area (Å²) in [5.41, 5.74) is 0.531. The van der Waals surface area contributed by atoms with Gasteiger partial charge in [0, 0.05) is 44.5 Å². The van der Waals surface area contributed by atoms with Crippen molar-refractivity contribution >= 4 is 11.7 Å². The first kappa shape index (κ1) is 21.2. The molecule has 2 fully saturated rings. The van der Waals surface area contributed by atoms with E-state index in [1.807, 2.05) is 30.0 Å². The molecule has 1 N–H and O–H groups in total. The molecule has 0 aliphatic carbocycles. The van der Waals surface area contributed by atoms with Crippen LogP contribution in [0.4, 0.5) is 10.5 Å². The number of hydrogen-bond donors (Lipinski definition) is 1.